The first-order chi connectivity index (χ1) is 17.9. The minimum absolute atomic E-state index is 1.21. The van der Waals surface area contributed by atoms with Crippen LogP contribution in [0.25, 0.3) is 0 Å². The van der Waals surface area contributed by atoms with Crippen LogP contribution in [0.5, 0.6) is 0 Å². The largest absolute Gasteiger partial charge is 0.0654 e. The lowest BCUT2D eigenvalue weighted by molar-refractivity contribution is 0.537. The van der Waals surface area contributed by atoms with E-state index in [9.17, 15) is 0 Å². The van der Waals surface area contributed by atoms with E-state index in [0.717, 1.165) is 0 Å². The van der Waals surface area contributed by atoms with Crippen LogP contribution in [-0.2, 0) is 12.8 Å². The van der Waals surface area contributed by atoms with Crippen LogP contribution in [-0.4, -0.2) is 0 Å². The number of benzene rings is 1. The summed E-state index contributed by atoms with van der Waals surface area (Å²) in [7, 11) is 0. The minimum atomic E-state index is 1.21. The molecule has 208 valence electrons. The molecule has 0 aliphatic rings. The summed E-state index contributed by atoms with van der Waals surface area (Å²) < 4.78 is 0. The van der Waals surface area contributed by atoms with Crippen LogP contribution < -0.4 is 0 Å². The van der Waals surface area contributed by atoms with E-state index in [1.165, 1.54) is 191 Å². The van der Waals surface area contributed by atoms with Crippen LogP contribution in [0, 0.1) is 12.1 Å². The van der Waals surface area contributed by atoms with E-state index >= 15 is 0 Å². The zero-order valence-corrected chi connectivity index (χ0v) is 25.0. The lowest BCUT2D eigenvalue weighted by Gasteiger charge is -2.09. The van der Waals surface area contributed by atoms with Gasteiger partial charge in [0.2, 0.25) is 0 Å². The third kappa shape index (κ3) is 21.3. The Bertz CT molecular complexity index is 496. The van der Waals surface area contributed by atoms with Crippen molar-refractivity contribution in [1.82, 2.24) is 0 Å². The van der Waals surface area contributed by atoms with Gasteiger partial charge in [-0.2, -0.15) is 0 Å². The van der Waals surface area contributed by atoms with E-state index in [-0.39, 0.29) is 0 Å². The predicted octanol–water partition coefficient (Wildman–Crippen LogP) is 12.6. The number of rotatable bonds is 28. The van der Waals surface area contributed by atoms with Crippen LogP contribution in [0.15, 0.2) is 12.1 Å². The van der Waals surface area contributed by atoms with Gasteiger partial charge in [-0.1, -0.05) is 180 Å². The first kappa shape index (κ1) is 33.2. The van der Waals surface area contributed by atoms with Gasteiger partial charge < -0.3 is 0 Å². The van der Waals surface area contributed by atoms with Crippen LogP contribution in [0.1, 0.15) is 192 Å². The van der Waals surface area contributed by atoms with Crippen molar-refractivity contribution in [1.29, 1.82) is 0 Å². The van der Waals surface area contributed by atoms with Gasteiger partial charge >= 0.3 is 0 Å². The quantitative estimate of drug-likeness (QED) is 0.101. The maximum atomic E-state index is 3.55. The first-order valence-corrected chi connectivity index (χ1v) is 16.8. The van der Waals surface area contributed by atoms with Crippen molar-refractivity contribution in [2.45, 2.75) is 194 Å². The molecule has 0 N–H and O–H groups in total. The second-order valence-corrected chi connectivity index (χ2v) is 11.6. The third-order valence-electron chi connectivity index (χ3n) is 8.02. The van der Waals surface area contributed by atoms with Crippen LogP contribution in [0.4, 0.5) is 0 Å². The van der Waals surface area contributed by atoms with Gasteiger partial charge in [-0.05, 0) is 48.9 Å². The van der Waals surface area contributed by atoms with Crippen molar-refractivity contribution in [2.75, 3.05) is 0 Å². The SMILES string of the molecule is CCCCCCCCCCCCCCCc1[c]cc[c]c1CCCCCCCCCCCCCCC. The van der Waals surface area contributed by atoms with Gasteiger partial charge in [0, 0.05) is 0 Å². The highest BCUT2D eigenvalue weighted by Gasteiger charge is 2.03. The number of unbranched alkanes of at least 4 members (excludes halogenated alkanes) is 24. The Hall–Kier alpha value is -0.780. The molecular formula is C36H64. The van der Waals surface area contributed by atoms with Gasteiger partial charge in [0.15, 0.2) is 0 Å². The van der Waals surface area contributed by atoms with Gasteiger partial charge in [-0.15, -0.1) is 0 Å². The zero-order valence-electron chi connectivity index (χ0n) is 25.0. The molecule has 0 saturated carbocycles. The number of hydrogen-bond acceptors (Lipinski definition) is 0. The van der Waals surface area contributed by atoms with E-state index in [4.69, 9.17) is 0 Å². The molecular weight excluding hydrogens is 432 g/mol. The second-order valence-electron chi connectivity index (χ2n) is 11.6. The standard InChI is InChI=1S/C36H64/c1-3-5-7-9-11-13-15-17-19-21-23-25-27-31-35-33-29-30-34-36(35)32-28-26-24-22-20-18-16-14-12-10-8-6-4-2/h29-30H,3-28,31-32H2,1-2H3. The molecule has 1 rings (SSSR count). The topological polar surface area (TPSA) is 0 Å². The van der Waals surface area contributed by atoms with Crippen molar-refractivity contribution < 1.29 is 0 Å². The lowest BCUT2D eigenvalue weighted by Crippen LogP contribution is -1.96. The second kappa shape index (κ2) is 27.3. The summed E-state index contributed by atoms with van der Waals surface area (Å²) in [5.74, 6) is 0. The van der Waals surface area contributed by atoms with Crippen LogP contribution in [0.3, 0.4) is 0 Å². The molecule has 0 aromatic heterocycles. The van der Waals surface area contributed by atoms with E-state index < -0.39 is 0 Å². The first-order valence-electron chi connectivity index (χ1n) is 16.8. The summed E-state index contributed by atoms with van der Waals surface area (Å²) in [4.78, 5) is 0. The highest BCUT2D eigenvalue weighted by molar-refractivity contribution is 5.25. The molecule has 1 aromatic rings. The molecule has 0 fully saturated rings. The molecule has 36 heavy (non-hydrogen) atoms. The predicted molar refractivity (Wildman–Crippen MR) is 163 cm³/mol. The average molecular weight is 497 g/mol. The van der Waals surface area contributed by atoms with E-state index in [1.54, 1.807) is 0 Å². The summed E-state index contributed by atoms with van der Waals surface area (Å²) in [6, 6.07) is 11.2. The molecule has 0 heteroatoms. The average Bonchev–Trinajstić information content (AvgIpc) is 2.90. The summed E-state index contributed by atoms with van der Waals surface area (Å²) >= 11 is 0. The van der Waals surface area contributed by atoms with Gasteiger partial charge in [0.05, 0.1) is 0 Å². The molecule has 1 aromatic carbocycles. The summed E-state index contributed by atoms with van der Waals surface area (Å²) in [5, 5.41) is 0. The van der Waals surface area contributed by atoms with E-state index in [2.05, 4.69) is 38.1 Å². The molecule has 0 amide bonds. The van der Waals surface area contributed by atoms with Gasteiger partial charge in [-0.25, -0.2) is 0 Å². The maximum absolute atomic E-state index is 3.55. The fourth-order valence-electron chi connectivity index (χ4n) is 5.54. The Labute approximate surface area is 228 Å². The highest BCUT2D eigenvalue weighted by atomic mass is 14.1. The summed E-state index contributed by atoms with van der Waals surface area (Å²) in [5.41, 5.74) is 2.92. The summed E-state index contributed by atoms with van der Waals surface area (Å²) in [6.45, 7) is 4.60. The smallest absolute Gasteiger partial charge is 0.0146 e. The van der Waals surface area contributed by atoms with Gasteiger partial charge in [-0.3, -0.25) is 0 Å². The lowest BCUT2D eigenvalue weighted by atomic mass is 9.96. The molecule has 0 aliphatic carbocycles. The Morgan fingerprint density at radius 2 is 0.556 bits per heavy atom. The Morgan fingerprint density at radius 1 is 0.333 bits per heavy atom. The van der Waals surface area contributed by atoms with Crippen molar-refractivity contribution in [3.63, 3.8) is 0 Å². The maximum Gasteiger partial charge on any atom is -0.0146 e. The Balaban J connectivity index is 1.94. The van der Waals surface area contributed by atoms with Gasteiger partial charge in [0.1, 0.15) is 0 Å². The van der Waals surface area contributed by atoms with Crippen molar-refractivity contribution in [3.05, 3.63) is 35.4 Å². The number of hydrogen-bond donors (Lipinski definition) is 0. The molecule has 0 unspecified atom stereocenters. The third-order valence-corrected chi connectivity index (χ3v) is 8.02. The van der Waals surface area contributed by atoms with E-state index in [1.807, 2.05) is 0 Å². The summed E-state index contributed by atoms with van der Waals surface area (Å²) in [6.07, 6.45) is 39.6. The molecule has 0 atom stereocenters. The highest BCUT2D eigenvalue weighted by Crippen LogP contribution is 2.18. The zero-order chi connectivity index (χ0) is 25.8. The van der Waals surface area contributed by atoms with Crippen LogP contribution in [0.2, 0.25) is 0 Å². The molecule has 2 radical (unpaired) electrons. The van der Waals surface area contributed by atoms with Crippen molar-refractivity contribution >= 4 is 0 Å². The fraction of sp³-hybridized carbons (Fsp3) is 0.833. The van der Waals surface area contributed by atoms with Crippen molar-refractivity contribution in [3.8, 4) is 0 Å². The Kier molecular flexibility index (Phi) is 25.2. The molecule has 0 spiro atoms. The van der Waals surface area contributed by atoms with E-state index in [0.29, 0.717) is 0 Å². The monoisotopic (exact) mass is 497 g/mol. The molecule has 0 saturated heterocycles. The normalized spacial score (nSPS) is 11.4. The fourth-order valence-corrected chi connectivity index (χ4v) is 5.54. The van der Waals surface area contributed by atoms with Crippen LogP contribution >= 0.6 is 0 Å². The number of aryl methyl sites for hydroxylation is 2. The van der Waals surface area contributed by atoms with Crippen molar-refractivity contribution in [2.24, 2.45) is 0 Å². The van der Waals surface area contributed by atoms with Gasteiger partial charge in [0.25, 0.3) is 0 Å². The molecule has 0 bridgehead atoms. The Morgan fingerprint density at radius 3 is 0.806 bits per heavy atom. The molecule has 0 nitrogen and oxygen atoms in total. The minimum Gasteiger partial charge on any atom is -0.0654 e. The molecule has 0 aliphatic heterocycles. The molecule has 0 heterocycles.